The summed E-state index contributed by atoms with van der Waals surface area (Å²) in [7, 11) is 0. The number of carbonyl (C=O) groups is 1. The second-order valence-electron chi connectivity index (χ2n) is 5.39. The summed E-state index contributed by atoms with van der Waals surface area (Å²) in [5.41, 5.74) is 4.00. The van der Waals surface area contributed by atoms with Gasteiger partial charge in [0.15, 0.2) is 0 Å². The molecule has 0 spiro atoms. The van der Waals surface area contributed by atoms with Gasteiger partial charge < -0.3 is 4.90 Å². The Labute approximate surface area is 127 Å². The highest BCUT2D eigenvalue weighted by Gasteiger charge is 2.19. The average Bonchev–Trinajstić information content (AvgIpc) is 2.51. The molecule has 0 N–H and O–H groups in total. The third-order valence-corrected chi connectivity index (χ3v) is 3.88. The first-order valence-corrected chi connectivity index (χ1v) is 7.58. The minimum absolute atomic E-state index is 0.0934. The third-order valence-electron chi connectivity index (χ3n) is 3.88. The van der Waals surface area contributed by atoms with Crippen LogP contribution in [0.3, 0.4) is 0 Å². The predicted molar refractivity (Wildman–Crippen MR) is 88.9 cm³/mol. The SMILES string of the molecule is CCCCN(C(=O)c1cccc(C)c1C)c1ccccc1. The topological polar surface area (TPSA) is 20.3 Å². The molecule has 0 aromatic heterocycles. The van der Waals surface area contributed by atoms with E-state index in [2.05, 4.69) is 6.92 Å². The molecule has 0 aliphatic carbocycles. The summed E-state index contributed by atoms with van der Waals surface area (Å²) < 4.78 is 0. The number of hydrogen-bond acceptors (Lipinski definition) is 1. The van der Waals surface area contributed by atoms with E-state index in [-0.39, 0.29) is 5.91 Å². The highest BCUT2D eigenvalue weighted by molar-refractivity contribution is 6.07. The maximum Gasteiger partial charge on any atom is 0.258 e. The van der Waals surface area contributed by atoms with Crippen molar-refractivity contribution >= 4 is 11.6 Å². The van der Waals surface area contributed by atoms with Gasteiger partial charge in [0.1, 0.15) is 0 Å². The van der Waals surface area contributed by atoms with E-state index in [0.717, 1.165) is 41.8 Å². The number of unbranched alkanes of at least 4 members (excludes halogenated alkanes) is 1. The fourth-order valence-corrected chi connectivity index (χ4v) is 2.40. The summed E-state index contributed by atoms with van der Waals surface area (Å²) in [5.74, 6) is 0.0934. The molecule has 2 nitrogen and oxygen atoms in total. The largest absolute Gasteiger partial charge is 0.308 e. The number of anilines is 1. The molecule has 0 aliphatic heterocycles. The number of rotatable bonds is 5. The molecule has 0 radical (unpaired) electrons. The highest BCUT2D eigenvalue weighted by atomic mass is 16.2. The first kappa shape index (κ1) is 15.3. The lowest BCUT2D eigenvalue weighted by Gasteiger charge is -2.24. The summed E-state index contributed by atoms with van der Waals surface area (Å²) in [6, 6.07) is 15.9. The maximum atomic E-state index is 13.0. The van der Waals surface area contributed by atoms with Crippen LogP contribution >= 0.6 is 0 Å². The van der Waals surface area contributed by atoms with Gasteiger partial charge >= 0.3 is 0 Å². The summed E-state index contributed by atoms with van der Waals surface area (Å²) in [6.45, 7) is 6.97. The minimum Gasteiger partial charge on any atom is -0.308 e. The summed E-state index contributed by atoms with van der Waals surface area (Å²) in [4.78, 5) is 14.8. The van der Waals surface area contributed by atoms with Crippen molar-refractivity contribution in [1.82, 2.24) is 0 Å². The van der Waals surface area contributed by atoms with Crippen molar-refractivity contribution in [3.05, 3.63) is 65.2 Å². The number of aryl methyl sites for hydroxylation is 1. The molecule has 0 aliphatic rings. The van der Waals surface area contributed by atoms with Crippen LogP contribution in [0.1, 0.15) is 41.3 Å². The van der Waals surface area contributed by atoms with Gasteiger partial charge in [-0.15, -0.1) is 0 Å². The fourth-order valence-electron chi connectivity index (χ4n) is 2.40. The Kier molecular flexibility index (Phi) is 5.15. The van der Waals surface area contributed by atoms with Crippen LogP contribution in [0.15, 0.2) is 48.5 Å². The van der Waals surface area contributed by atoms with Gasteiger partial charge in [0, 0.05) is 17.8 Å². The molecule has 0 fully saturated rings. The Balaban J connectivity index is 2.36. The minimum atomic E-state index is 0.0934. The van der Waals surface area contributed by atoms with Crippen LogP contribution in [0.25, 0.3) is 0 Å². The second-order valence-corrected chi connectivity index (χ2v) is 5.39. The lowest BCUT2D eigenvalue weighted by Crippen LogP contribution is -2.32. The van der Waals surface area contributed by atoms with Crippen LogP contribution in [-0.4, -0.2) is 12.5 Å². The first-order valence-electron chi connectivity index (χ1n) is 7.58. The Bertz CT molecular complexity index is 604. The molecular weight excluding hydrogens is 258 g/mol. The molecule has 0 saturated heterocycles. The molecule has 1 amide bonds. The van der Waals surface area contributed by atoms with Crippen LogP contribution in [0.5, 0.6) is 0 Å². The Hall–Kier alpha value is -2.09. The van der Waals surface area contributed by atoms with Gasteiger partial charge in [-0.05, 0) is 49.6 Å². The maximum absolute atomic E-state index is 13.0. The van der Waals surface area contributed by atoms with Gasteiger partial charge in [-0.25, -0.2) is 0 Å². The molecule has 0 bridgehead atoms. The van der Waals surface area contributed by atoms with Crippen molar-refractivity contribution in [3.63, 3.8) is 0 Å². The van der Waals surface area contributed by atoms with Crippen molar-refractivity contribution in [2.75, 3.05) is 11.4 Å². The van der Waals surface area contributed by atoms with E-state index in [9.17, 15) is 4.79 Å². The van der Waals surface area contributed by atoms with Gasteiger partial charge in [-0.1, -0.05) is 43.7 Å². The van der Waals surface area contributed by atoms with Crippen molar-refractivity contribution in [3.8, 4) is 0 Å². The number of nitrogens with zero attached hydrogens (tertiary/aromatic N) is 1. The van der Waals surface area contributed by atoms with Gasteiger partial charge in [0.05, 0.1) is 0 Å². The van der Waals surface area contributed by atoms with Crippen LogP contribution in [0, 0.1) is 13.8 Å². The third kappa shape index (κ3) is 3.52. The van der Waals surface area contributed by atoms with E-state index < -0.39 is 0 Å². The number of hydrogen-bond donors (Lipinski definition) is 0. The Morgan fingerprint density at radius 3 is 2.38 bits per heavy atom. The van der Waals surface area contributed by atoms with Crippen LogP contribution < -0.4 is 4.90 Å². The molecule has 21 heavy (non-hydrogen) atoms. The van der Waals surface area contributed by atoms with Crippen LogP contribution in [-0.2, 0) is 0 Å². The molecule has 0 saturated carbocycles. The van der Waals surface area contributed by atoms with E-state index >= 15 is 0 Å². The summed E-state index contributed by atoms with van der Waals surface area (Å²) in [6.07, 6.45) is 2.08. The van der Waals surface area contributed by atoms with E-state index in [1.807, 2.05) is 67.3 Å². The zero-order chi connectivity index (χ0) is 15.2. The van der Waals surface area contributed by atoms with Crippen molar-refractivity contribution < 1.29 is 4.79 Å². The molecule has 110 valence electrons. The second kappa shape index (κ2) is 7.07. The lowest BCUT2D eigenvalue weighted by molar-refractivity contribution is 0.0986. The normalized spacial score (nSPS) is 10.4. The standard InChI is InChI=1S/C19H23NO/c1-4-5-14-20(17-11-7-6-8-12-17)19(21)18-13-9-10-15(2)16(18)3/h6-13H,4-5,14H2,1-3H3. The molecular formula is C19H23NO. The zero-order valence-electron chi connectivity index (χ0n) is 13.1. The van der Waals surface area contributed by atoms with Gasteiger partial charge in [-0.2, -0.15) is 0 Å². The predicted octanol–water partition coefficient (Wildman–Crippen LogP) is 4.75. The van der Waals surface area contributed by atoms with E-state index in [4.69, 9.17) is 0 Å². The molecule has 2 heteroatoms. The summed E-state index contributed by atoms with van der Waals surface area (Å²) in [5, 5.41) is 0. The fraction of sp³-hybridized carbons (Fsp3) is 0.316. The Morgan fingerprint density at radius 2 is 1.71 bits per heavy atom. The molecule has 2 rings (SSSR count). The Morgan fingerprint density at radius 1 is 1.00 bits per heavy atom. The lowest BCUT2D eigenvalue weighted by atomic mass is 10.0. The number of carbonyl (C=O) groups excluding carboxylic acids is 1. The van der Waals surface area contributed by atoms with Crippen molar-refractivity contribution in [2.24, 2.45) is 0 Å². The number of benzene rings is 2. The molecule has 0 atom stereocenters. The first-order chi connectivity index (χ1) is 10.1. The number of amides is 1. The smallest absolute Gasteiger partial charge is 0.258 e. The summed E-state index contributed by atoms with van der Waals surface area (Å²) >= 11 is 0. The van der Waals surface area contributed by atoms with Gasteiger partial charge in [0.2, 0.25) is 0 Å². The number of para-hydroxylation sites is 1. The van der Waals surface area contributed by atoms with E-state index in [0.29, 0.717) is 0 Å². The monoisotopic (exact) mass is 281 g/mol. The van der Waals surface area contributed by atoms with Crippen molar-refractivity contribution in [2.45, 2.75) is 33.6 Å². The van der Waals surface area contributed by atoms with E-state index in [1.165, 1.54) is 0 Å². The highest BCUT2D eigenvalue weighted by Crippen LogP contribution is 2.21. The zero-order valence-corrected chi connectivity index (χ0v) is 13.1. The van der Waals surface area contributed by atoms with Crippen LogP contribution in [0.4, 0.5) is 5.69 Å². The average molecular weight is 281 g/mol. The van der Waals surface area contributed by atoms with E-state index in [1.54, 1.807) is 0 Å². The molecule has 2 aromatic rings. The van der Waals surface area contributed by atoms with Gasteiger partial charge in [0.25, 0.3) is 5.91 Å². The quantitative estimate of drug-likeness (QED) is 0.774. The molecule has 2 aromatic carbocycles. The molecule has 0 heterocycles. The van der Waals surface area contributed by atoms with Gasteiger partial charge in [-0.3, -0.25) is 4.79 Å². The van der Waals surface area contributed by atoms with Crippen LogP contribution in [0.2, 0.25) is 0 Å². The molecule has 0 unspecified atom stereocenters. The van der Waals surface area contributed by atoms with Crippen molar-refractivity contribution in [1.29, 1.82) is 0 Å².